The van der Waals surface area contributed by atoms with Crippen LogP contribution in [-0.2, 0) is 9.53 Å². The van der Waals surface area contributed by atoms with Gasteiger partial charge in [-0.1, -0.05) is 0 Å². The van der Waals surface area contributed by atoms with Crippen molar-refractivity contribution in [2.75, 3.05) is 0 Å². The van der Waals surface area contributed by atoms with Gasteiger partial charge in [-0.25, -0.2) is 4.39 Å². The van der Waals surface area contributed by atoms with E-state index in [4.69, 9.17) is 4.74 Å². The number of carbonyl (C=O) groups is 1. The normalized spacial score (nSPS) is 36.6. The molecule has 0 saturated carbocycles. The van der Waals surface area contributed by atoms with E-state index in [1.807, 2.05) is 13.8 Å². The van der Waals surface area contributed by atoms with Gasteiger partial charge >= 0.3 is 0 Å². The molecule has 11 heavy (non-hydrogen) atoms. The number of hydrogen-bond acceptors (Lipinski definition) is 2. The van der Waals surface area contributed by atoms with Crippen molar-refractivity contribution in [1.29, 1.82) is 0 Å². The lowest BCUT2D eigenvalue weighted by molar-refractivity contribution is -0.153. The Hall–Kier alpha value is -0.440. The van der Waals surface area contributed by atoms with E-state index in [0.29, 0.717) is 19.1 Å². The summed E-state index contributed by atoms with van der Waals surface area (Å²) in [7, 11) is 0. The maximum absolute atomic E-state index is 12.8. The molecule has 3 heteroatoms. The zero-order valence-electron chi connectivity index (χ0n) is 6.84. The third-order valence-corrected chi connectivity index (χ3v) is 1.97. The molecule has 1 aliphatic rings. The van der Waals surface area contributed by atoms with E-state index < -0.39 is 12.3 Å². The van der Waals surface area contributed by atoms with Crippen LogP contribution >= 0.6 is 0 Å². The molecule has 0 spiro atoms. The predicted molar refractivity (Wildman–Crippen MR) is 39.1 cm³/mol. The first kappa shape index (κ1) is 8.65. The van der Waals surface area contributed by atoms with Crippen molar-refractivity contribution < 1.29 is 13.9 Å². The SMILES string of the molecule is CC1(C)CCC(F)C(C=O)O1. The Morgan fingerprint density at radius 1 is 1.64 bits per heavy atom. The van der Waals surface area contributed by atoms with Crippen LogP contribution < -0.4 is 0 Å². The van der Waals surface area contributed by atoms with E-state index in [1.54, 1.807) is 0 Å². The Morgan fingerprint density at radius 3 is 2.73 bits per heavy atom. The van der Waals surface area contributed by atoms with Crippen molar-refractivity contribution in [2.45, 2.75) is 44.6 Å². The number of alkyl halides is 1. The Balaban J connectivity index is 2.58. The molecule has 64 valence electrons. The Kier molecular flexibility index (Phi) is 2.28. The van der Waals surface area contributed by atoms with Gasteiger partial charge in [0.25, 0.3) is 0 Å². The standard InChI is InChI=1S/C8H13FO2/c1-8(2)4-3-6(9)7(5-10)11-8/h5-7H,3-4H2,1-2H3. The summed E-state index contributed by atoms with van der Waals surface area (Å²) in [5.74, 6) is 0. The number of carbonyl (C=O) groups excluding carboxylic acids is 1. The largest absolute Gasteiger partial charge is 0.362 e. The zero-order valence-corrected chi connectivity index (χ0v) is 6.84. The van der Waals surface area contributed by atoms with Gasteiger partial charge in [-0.15, -0.1) is 0 Å². The van der Waals surface area contributed by atoms with E-state index in [1.165, 1.54) is 0 Å². The highest BCUT2D eigenvalue weighted by Crippen LogP contribution is 2.28. The summed E-state index contributed by atoms with van der Waals surface area (Å²) in [6.07, 6.45) is -0.306. The molecule has 2 nitrogen and oxygen atoms in total. The van der Waals surface area contributed by atoms with Gasteiger partial charge in [0.1, 0.15) is 12.3 Å². The maximum atomic E-state index is 12.8. The first-order valence-corrected chi connectivity index (χ1v) is 3.82. The summed E-state index contributed by atoms with van der Waals surface area (Å²) in [4.78, 5) is 10.3. The van der Waals surface area contributed by atoms with E-state index in [2.05, 4.69) is 0 Å². The van der Waals surface area contributed by atoms with Gasteiger partial charge in [0.2, 0.25) is 0 Å². The number of hydrogen-bond donors (Lipinski definition) is 0. The van der Waals surface area contributed by atoms with Gasteiger partial charge in [-0.3, -0.25) is 0 Å². The molecule has 0 amide bonds. The van der Waals surface area contributed by atoms with Crippen molar-refractivity contribution in [3.05, 3.63) is 0 Å². The van der Waals surface area contributed by atoms with Gasteiger partial charge in [-0.2, -0.15) is 0 Å². The van der Waals surface area contributed by atoms with Crippen LogP contribution in [0.15, 0.2) is 0 Å². The minimum Gasteiger partial charge on any atom is -0.362 e. The molecule has 1 saturated heterocycles. The molecule has 0 aromatic carbocycles. The van der Waals surface area contributed by atoms with Crippen molar-refractivity contribution in [1.82, 2.24) is 0 Å². The highest BCUT2D eigenvalue weighted by atomic mass is 19.1. The van der Waals surface area contributed by atoms with Gasteiger partial charge in [-0.05, 0) is 26.7 Å². The molecule has 0 aromatic rings. The average Bonchev–Trinajstić information content (AvgIpc) is 1.94. The second-order valence-electron chi connectivity index (χ2n) is 3.53. The van der Waals surface area contributed by atoms with Gasteiger partial charge in [0.15, 0.2) is 6.29 Å². The molecule has 0 aliphatic carbocycles. The Labute approximate surface area is 65.7 Å². The van der Waals surface area contributed by atoms with E-state index >= 15 is 0 Å². The Morgan fingerprint density at radius 2 is 2.27 bits per heavy atom. The summed E-state index contributed by atoms with van der Waals surface area (Å²) in [6, 6.07) is 0. The molecule has 2 unspecified atom stereocenters. The Bertz CT molecular complexity index is 156. The molecular formula is C8H13FO2. The van der Waals surface area contributed by atoms with E-state index in [0.717, 1.165) is 0 Å². The average molecular weight is 160 g/mol. The summed E-state index contributed by atoms with van der Waals surface area (Å²) in [5, 5.41) is 0. The third-order valence-electron chi connectivity index (χ3n) is 1.97. The van der Waals surface area contributed by atoms with Crippen LogP contribution in [0.1, 0.15) is 26.7 Å². The van der Waals surface area contributed by atoms with Gasteiger partial charge < -0.3 is 9.53 Å². The van der Waals surface area contributed by atoms with Crippen LogP contribution in [0.2, 0.25) is 0 Å². The topological polar surface area (TPSA) is 26.3 Å². The van der Waals surface area contributed by atoms with E-state index in [-0.39, 0.29) is 5.60 Å². The smallest absolute Gasteiger partial charge is 0.151 e. The summed E-state index contributed by atoms with van der Waals surface area (Å²) in [5.41, 5.74) is -0.339. The minimum atomic E-state index is -1.11. The number of aldehydes is 1. The molecule has 1 rings (SSSR count). The van der Waals surface area contributed by atoms with Crippen LogP contribution in [0.5, 0.6) is 0 Å². The zero-order chi connectivity index (χ0) is 8.48. The molecule has 0 N–H and O–H groups in total. The molecule has 0 aromatic heterocycles. The number of rotatable bonds is 1. The number of ether oxygens (including phenoxy) is 1. The van der Waals surface area contributed by atoms with Crippen LogP contribution in [0, 0.1) is 0 Å². The maximum Gasteiger partial charge on any atom is 0.151 e. The first-order chi connectivity index (χ1) is 5.05. The molecular weight excluding hydrogens is 147 g/mol. The summed E-state index contributed by atoms with van der Waals surface area (Å²) in [6.45, 7) is 3.74. The van der Waals surface area contributed by atoms with Gasteiger partial charge in [0.05, 0.1) is 5.60 Å². The third kappa shape index (κ3) is 1.99. The summed E-state index contributed by atoms with van der Waals surface area (Å²) < 4.78 is 18.0. The molecule has 2 atom stereocenters. The van der Waals surface area contributed by atoms with Crippen molar-refractivity contribution in [3.63, 3.8) is 0 Å². The van der Waals surface area contributed by atoms with Crippen LogP contribution in [0.25, 0.3) is 0 Å². The molecule has 1 aliphatic heterocycles. The van der Waals surface area contributed by atoms with Crippen molar-refractivity contribution in [2.24, 2.45) is 0 Å². The molecule has 0 bridgehead atoms. The van der Waals surface area contributed by atoms with E-state index in [9.17, 15) is 9.18 Å². The molecule has 1 fully saturated rings. The van der Waals surface area contributed by atoms with Crippen molar-refractivity contribution >= 4 is 6.29 Å². The highest BCUT2D eigenvalue weighted by molar-refractivity contribution is 5.57. The number of halogens is 1. The fourth-order valence-electron chi connectivity index (χ4n) is 1.26. The molecule has 0 radical (unpaired) electrons. The van der Waals surface area contributed by atoms with Gasteiger partial charge in [0, 0.05) is 0 Å². The monoisotopic (exact) mass is 160 g/mol. The highest BCUT2D eigenvalue weighted by Gasteiger charge is 2.35. The predicted octanol–water partition coefficient (Wildman–Crippen LogP) is 1.48. The van der Waals surface area contributed by atoms with Crippen LogP contribution in [0.4, 0.5) is 4.39 Å². The lowest BCUT2D eigenvalue weighted by Crippen LogP contribution is -2.42. The summed E-state index contributed by atoms with van der Waals surface area (Å²) >= 11 is 0. The van der Waals surface area contributed by atoms with Crippen LogP contribution in [0.3, 0.4) is 0 Å². The first-order valence-electron chi connectivity index (χ1n) is 3.82. The lowest BCUT2D eigenvalue weighted by Gasteiger charge is -2.35. The lowest BCUT2D eigenvalue weighted by atomic mass is 9.94. The fourth-order valence-corrected chi connectivity index (χ4v) is 1.26. The second-order valence-corrected chi connectivity index (χ2v) is 3.53. The quantitative estimate of drug-likeness (QED) is 0.543. The van der Waals surface area contributed by atoms with Crippen molar-refractivity contribution in [3.8, 4) is 0 Å². The molecule has 1 heterocycles. The fraction of sp³-hybridized carbons (Fsp3) is 0.875. The minimum absolute atomic E-state index is 0.339. The second kappa shape index (κ2) is 2.89. The van der Waals surface area contributed by atoms with Crippen LogP contribution in [-0.4, -0.2) is 24.2 Å².